The van der Waals surface area contributed by atoms with Gasteiger partial charge in [0.05, 0.1) is 4.90 Å². The number of halogens is 2. The summed E-state index contributed by atoms with van der Waals surface area (Å²) < 4.78 is 26.8. The predicted molar refractivity (Wildman–Crippen MR) is 83.7 cm³/mol. The first-order chi connectivity index (χ1) is 10.1. The van der Waals surface area contributed by atoms with E-state index in [0.29, 0.717) is 4.90 Å². The third kappa shape index (κ3) is 4.55. The average molecular weight is 307 g/mol. The summed E-state index contributed by atoms with van der Waals surface area (Å²) in [6.45, 7) is 5.99. The lowest BCUT2D eigenvalue weighted by atomic mass is 10.1. The quantitative estimate of drug-likeness (QED) is 0.760. The van der Waals surface area contributed by atoms with E-state index in [0.717, 1.165) is 42.1 Å². The van der Waals surface area contributed by atoms with E-state index < -0.39 is 11.6 Å². The summed E-state index contributed by atoms with van der Waals surface area (Å²) in [5, 5.41) is 3.36. The molecule has 0 aliphatic carbocycles. The molecule has 112 valence electrons. The minimum absolute atomic E-state index is 0.311. The van der Waals surface area contributed by atoms with Crippen LogP contribution in [0.15, 0.2) is 46.2 Å². The van der Waals surface area contributed by atoms with Crippen LogP contribution in [0.4, 0.5) is 8.78 Å². The van der Waals surface area contributed by atoms with Crippen LogP contribution in [0, 0.1) is 18.6 Å². The van der Waals surface area contributed by atoms with E-state index in [4.69, 9.17) is 0 Å². The fourth-order valence-electron chi connectivity index (χ4n) is 2.01. The minimum Gasteiger partial charge on any atom is -0.313 e. The van der Waals surface area contributed by atoms with Crippen molar-refractivity contribution in [2.75, 3.05) is 6.54 Å². The molecule has 0 atom stereocenters. The van der Waals surface area contributed by atoms with Crippen LogP contribution in [-0.2, 0) is 6.54 Å². The van der Waals surface area contributed by atoms with Crippen LogP contribution in [0.25, 0.3) is 0 Å². The molecule has 2 aromatic rings. The van der Waals surface area contributed by atoms with Crippen LogP contribution < -0.4 is 5.32 Å². The Morgan fingerprint density at radius 3 is 2.62 bits per heavy atom. The van der Waals surface area contributed by atoms with Gasteiger partial charge in [-0.3, -0.25) is 0 Å². The van der Waals surface area contributed by atoms with Crippen molar-refractivity contribution in [1.82, 2.24) is 5.32 Å². The number of rotatable bonds is 6. The summed E-state index contributed by atoms with van der Waals surface area (Å²) >= 11 is 1.24. The van der Waals surface area contributed by atoms with E-state index in [9.17, 15) is 8.78 Å². The molecule has 21 heavy (non-hydrogen) atoms. The molecule has 4 heteroatoms. The molecule has 0 saturated heterocycles. The number of hydrogen-bond acceptors (Lipinski definition) is 2. The van der Waals surface area contributed by atoms with Crippen LogP contribution in [0.2, 0.25) is 0 Å². The Kier molecular flexibility index (Phi) is 5.76. The molecule has 0 aliphatic rings. The van der Waals surface area contributed by atoms with Crippen LogP contribution in [0.3, 0.4) is 0 Å². The largest absolute Gasteiger partial charge is 0.313 e. The molecule has 0 amide bonds. The van der Waals surface area contributed by atoms with Crippen LogP contribution in [-0.4, -0.2) is 6.54 Å². The Morgan fingerprint density at radius 1 is 1.10 bits per heavy atom. The van der Waals surface area contributed by atoms with E-state index in [-0.39, 0.29) is 0 Å². The molecule has 2 aromatic carbocycles. The molecular formula is C17H19F2NS. The second-order valence-electron chi connectivity index (χ2n) is 4.94. The van der Waals surface area contributed by atoms with E-state index in [1.54, 1.807) is 0 Å². The molecule has 0 fully saturated rings. The zero-order valence-corrected chi connectivity index (χ0v) is 13.1. The van der Waals surface area contributed by atoms with Gasteiger partial charge < -0.3 is 5.32 Å². The fraction of sp³-hybridized carbons (Fsp3) is 0.294. The Hall–Kier alpha value is -1.39. The molecule has 0 aromatic heterocycles. The van der Waals surface area contributed by atoms with Crippen LogP contribution >= 0.6 is 11.8 Å². The summed E-state index contributed by atoms with van der Waals surface area (Å²) in [6.07, 6.45) is 1.10. The van der Waals surface area contributed by atoms with Gasteiger partial charge in [-0.05, 0) is 61.3 Å². The standard InChI is InChI=1S/C17H19F2NS/c1-3-8-20-11-13-4-6-15(9-12(13)2)21-17-10-14(18)5-7-16(17)19/h4-7,9-10,20H,3,8,11H2,1-2H3. The normalized spacial score (nSPS) is 10.9. The lowest BCUT2D eigenvalue weighted by molar-refractivity contribution is 0.577. The van der Waals surface area contributed by atoms with Gasteiger partial charge in [-0.2, -0.15) is 0 Å². The Labute approximate surface area is 128 Å². The minimum atomic E-state index is -0.420. The molecule has 1 N–H and O–H groups in total. The first-order valence-corrected chi connectivity index (χ1v) is 7.85. The van der Waals surface area contributed by atoms with Gasteiger partial charge in [0.2, 0.25) is 0 Å². The van der Waals surface area contributed by atoms with Crippen molar-refractivity contribution in [1.29, 1.82) is 0 Å². The Morgan fingerprint density at radius 2 is 1.90 bits per heavy atom. The SMILES string of the molecule is CCCNCc1ccc(Sc2cc(F)ccc2F)cc1C. The van der Waals surface area contributed by atoms with Crippen molar-refractivity contribution in [2.45, 2.75) is 36.6 Å². The number of benzene rings is 2. The van der Waals surface area contributed by atoms with Crippen LogP contribution in [0.1, 0.15) is 24.5 Å². The van der Waals surface area contributed by atoms with Gasteiger partial charge in [0, 0.05) is 11.4 Å². The van der Waals surface area contributed by atoms with Gasteiger partial charge in [0.25, 0.3) is 0 Å². The van der Waals surface area contributed by atoms with Crippen molar-refractivity contribution >= 4 is 11.8 Å². The highest BCUT2D eigenvalue weighted by molar-refractivity contribution is 7.99. The highest BCUT2D eigenvalue weighted by Gasteiger charge is 2.07. The highest BCUT2D eigenvalue weighted by Crippen LogP contribution is 2.31. The lowest BCUT2D eigenvalue weighted by Crippen LogP contribution is -2.14. The van der Waals surface area contributed by atoms with Gasteiger partial charge in [-0.25, -0.2) is 8.78 Å². The second kappa shape index (κ2) is 7.57. The molecule has 0 heterocycles. The summed E-state index contributed by atoms with van der Waals surface area (Å²) in [7, 11) is 0. The third-order valence-electron chi connectivity index (χ3n) is 3.18. The van der Waals surface area contributed by atoms with Gasteiger partial charge in [-0.1, -0.05) is 24.8 Å². The van der Waals surface area contributed by atoms with Crippen molar-refractivity contribution in [3.05, 3.63) is 59.2 Å². The van der Waals surface area contributed by atoms with E-state index in [1.807, 2.05) is 25.1 Å². The zero-order chi connectivity index (χ0) is 15.2. The summed E-state index contributed by atoms with van der Waals surface area (Å²) in [5.41, 5.74) is 2.38. The molecule has 1 nitrogen and oxygen atoms in total. The van der Waals surface area contributed by atoms with Gasteiger partial charge in [0.1, 0.15) is 11.6 Å². The first kappa shape index (κ1) is 16.0. The summed E-state index contributed by atoms with van der Waals surface area (Å²) in [6, 6.07) is 9.52. The Bertz CT molecular complexity index is 614. The molecule has 0 saturated carbocycles. The maximum absolute atomic E-state index is 13.6. The van der Waals surface area contributed by atoms with E-state index in [1.165, 1.54) is 23.4 Å². The highest BCUT2D eigenvalue weighted by atomic mass is 32.2. The van der Waals surface area contributed by atoms with Gasteiger partial charge in [-0.15, -0.1) is 0 Å². The average Bonchev–Trinajstić information content (AvgIpc) is 2.45. The molecule has 0 unspecified atom stereocenters. The number of nitrogens with one attached hydrogen (secondary N) is 1. The molecule has 0 radical (unpaired) electrons. The smallest absolute Gasteiger partial charge is 0.137 e. The topological polar surface area (TPSA) is 12.0 Å². The molecule has 0 spiro atoms. The monoisotopic (exact) mass is 307 g/mol. The maximum Gasteiger partial charge on any atom is 0.137 e. The van der Waals surface area contributed by atoms with Crippen molar-refractivity contribution in [3.8, 4) is 0 Å². The van der Waals surface area contributed by atoms with Crippen molar-refractivity contribution < 1.29 is 8.78 Å². The zero-order valence-electron chi connectivity index (χ0n) is 12.2. The van der Waals surface area contributed by atoms with Crippen LogP contribution in [0.5, 0.6) is 0 Å². The van der Waals surface area contributed by atoms with Crippen molar-refractivity contribution in [2.24, 2.45) is 0 Å². The van der Waals surface area contributed by atoms with Gasteiger partial charge >= 0.3 is 0 Å². The second-order valence-corrected chi connectivity index (χ2v) is 6.06. The van der Waals surface area contributed by atoms with Gasteiger partial charge in [0.15, 0.2) is 0 Å². The summed E-state index contributed by atoms with van der Waals surface area (Å²) in [4.78, 5) is 1.22. The number of hydrogen-bond donors (Lipinski definition) is 1. The molecular weight excluding hydrogens is 288 g/mol. The summed E-state index contributed by atoms with van der Waals surface area (Å²) in [5.74, 6) is -0.816. The van der Waals surface area contributed by atoms with E-state index >= 15 is 0 Å². The first-order valence-electron chi connectivity index (χ1n) is 7.03. The Balaban J connectivity index is 2.11. The van der Waals surface area contributed by atoms with Crippen molar-refractivity contribution in [3.63, 3.8) is 0 Å². The molecule has 2 rings (SSSR count). The molecule has 0 bridgehead atoms. The lowest BCUT2D eigenvalue weighted by Gasteiger charge is -2.10. The third-order valence-corrected chi connectivity index (χ3v) is 4.20. The van der Waals surface area contributed by atoms with E-state index in [2.05, 4.69) is 12.2 Å². The molecule has 0 aliphatic heterocycles. The fourth-order valence-corrected chi connectivity index (χ4v) is 2.98. The predicted octanol–water partition coefficient (Wildman–Crippen LogP) is 4.92. The number of aryl methyl sites for hydroxylation is 1. The maximum atomic E-state index is 13.6.